The van der Waals surface area contributed by atoms with Gasteiger partial charge in [-0.3, -0.25) is 4.79 Å². The molecule has 3 aromatic rings. The van der Waals surface area contributed by atoms with Gasteiger partial charge in [-0.15, -0.1) is 0 Å². The molecule has 0 aliphatic heterocycles. The molecule has 0 atom stereocenters. The van der Waals surface area contributed by atoms with Crippen LogP contribution in [0.3, 0.4) is 0 Å². The van der Waals surface area contributed by atoms with Crippen molar-refractivity contribution in [2.45, 2.75) is 20.8 Å². The fourth-order valence-electron chi connectivity index (χ4n) is 2.99. The van der Waals surface area contributed by atoms with Gasteiger partial charge >= 0.3 is 5.97 Å². The number of hydrogen-bond acceptors (Lipinski definition) is 6. The van der Waals surface area contributed by atoms with Crippen molar-refractivity contribution in [3.8, 4) is 17.1 Å². The van der Waals surface area contributed by atoms with Gasteiger partial charge in [-0.1, -0.05) is 18.2 Å². The number of carbonyl (C=O) groups excluding carboxylic acids is 2. The molecule has 0 saturated carbocycles. The quantitative estimate of drug-likeness (QED) is 0.267. The lowest BCUT2D eigenvalue weighted by Crippen LogP contribution is -2.24. The zero-order valence-corrected chi connectivity index (χ0v) is 19.6. The number of carbonyl (C=O) groups is 2. The van der Waals surface area contributed by atoms with E-state index in [2.05, 4.69) is 26.5 Å². The average Bonchev–Trinajstić information content (AvgIpc) is 3.22. The lowest BCUT2D eigenvalue weighted by Gasteiger charge is -2.11. The van der Waals surface area contributed by atoms with E-state index in [1.54, 1.807) is 43.3 Å². The summed E-state index contributed by atoms with van der Waals surface area (Å²) in [5.74, 6) is 0.939. The molecular weight excluding hydrogens is 476 g/mol. The number of aryl methyl sites for hydroxylation is 2. The van der Waals surface area contributed by atoms with Crippen molar-refractivity contribution in [3.63, 3.8) is 0 Å². The molecule has 8 heteroatoms. The summed E-state index contributed by atoms with van der Waals surface area (Å²) in [5.41, 5.74) is 5.72. The average molecular weight is 499 g/mol. The van der Waals surface area contributed by atoms with Crippen molar-refractivity contribution in [1.82, 2.24) is 5.43 Å². The molecule has 0 aliphatic rings. The molecule has 0 fully saturated rings. The van der Waals surface area contributed by atoms with Gasteiger partial charge in [0.15, 0.2) is 6.61 Å². The van der Waals surface area contributed by atoms with Gasteiger partial charge in [-0.25, -0.2) is 10.2 Å². The molecule has 7 nitrogen and oxygen atoms in total. The first-order valence-corrected chi connectivity index (χ1v) is 10.8. The topological polar surface area (TPSA) is 90.1 Å². The number of benzene rings is 2. The Labute approximate surface area is 194 Å². The molecule has 0 unspecified atom stereocenters. The molecule has 166 valence electrons. The highest BCUT2D eigenvalue weighted by Gasteiger charge is 2.10. The minimum atomic E-state index is -0.394. The van der Waals surface area contributed by atoms with Gasteiger partial charge in [0, 0.05) is 5.56 Å². The lowest BCUT2D eigenvalue weighted by atomic mass is 10.1. The van der Waals surface area contributed by atoms with Crippen molar-refractivity contribution in [3.05, 3.63) is 75.5 Å². The summed E-state index contributed by atoms with van der Waals surface area (Å²) in [6, 6.07) is 14.3. The molecule has 0 bridgehead atoms. The molecule has 3 rings (SSSR count). The standard InChI is InChI=1S/C24H23BrN2O5/c1-4-30-24(29)18-7-5-17(6-8-18)21-10-9-19(32-21)13-26-27-22(28)14-31-23-16(3)11-15(2)12-20(23)25/h5-13H,4,14H2,1-3H3,(H,27,28). The smallest absolute Gasteiger partial charge is 0.338 e. The van der Waals surface area contributed by atoms with Gasteiger partial charge in [0.2, 0.25) is 0 Å². The van der Waals surface area contributed by atoms with Crippen molar-refractivity contribution in [1.29, 1.82) is 0 Å². The van der Waals surface area contributed by atoms with E-state index in [4.69, 9.17) is 13.9 Å². The van der Waals surface area contributed by atoms with E-state index >= 15 is 0 Å². The van der Waals surface area contributed by atoms with Crippen LogP contribution in [0.5, 0.6) is 5.75 Å². The number of amides is 1. The van der Waals surface area contributed by atoms with Gasteiger partial charge in [0.05, 0.1) is 22.9 Å². The van der Waals surface area contributed by atoms with E-state index in [1.165, 1.54) is 6.21 Å². The van der Waals surface area contributed by atoms with Crippen LogP contribution in [0.15, 0.2) is 62.5 Å². The monoisotopic (exact) mass is 498 g/mol. The van der Waals surface area contributed by atoms with Gasteiger partial charge in [0.1, 0.15) is 17.3 Å². The molecule has 1 amide bonds. The van der Waals surface area contributed by atoms with E-state index in [0.717, 1.165) is 21.2 Å². The summed E-state index contributed by atoms with van der Waals surface area (Å²) in [6.45, 7) is 5.82. The van der Waals surface area contributed by atoms with Gasteiger partial charge in [-0.2, -0.15) is 5.10 Å². The van der Waals surface area contributed by atoms with E-state index in [9.17, 15) is 9.59 Å². The number of nitrogens with zero attached hydrogens (tertiary/aromatic N) is 1. The summed E-state index contributed by atoms with van der Waals surface area (Å²) in [6.07, 6.45) is 1.40. The van der Waals surface area contributed by atoms with Crippen LogP contribution < -0.4 is 10.2 Å². The minimum absolute atomic E-state index is 0.171. The van der Waals surface area contributed by atoms with Crippen molar-refractivity contribution in [2.24, 2.45) is 5.10 Å². The third-order valence-corrected chi connectivity index (χ3v) is 5.00. The number of nitrogens with one attached hydrogen (secondary N) is 1. The summed E-state index contributed by atoms with van der Waals surface area (Å²) in [4.78, 5) is 23.8. The van der Waals surface area contributed by atoms with Crippen LogP contribution in [0.4, 0.5) is 0 Å². The second kappa shape index (κ2) is 10.8. The van der Waals surface area contributed by atoms with Crippen LogP contribution in [0.2, 0.25) is 0 Å². The van der Waals surface area contributed by atoms with Crippen LogP contribution in [0.25, 0.3) is 11.3 Å². The molecule has 1 heterocycles. The fourth-order valence-corrected chi connectivity index (χ4v) is 3.77. The number of hydrazone groups is 1. The van der Waals surface area contributed by atoms with Crippen molar-refractivity contribution < 1.29 is 23.5 Å². The van der Waals surface area contributed by atoms with E-state index < -0.39 is 5.91 Å². The maximum absolute atomic E-state index is 12.0. The maximum atomic E-state index is 12.0. The Kier molecular flexibility index (Phi) is 7.83. The molecule has 0 spiro atoms. The van der Waals surface area contributed by atoms with Crippen LogP contribution in [-0.4, -0.2) is 31.3 Å². The van der Waals surface area contributed by atoms with Crippen LogP contribution in [0, 0.1) is 13.8 Å². The first kappa shape index (κ1) is 23.3. The Morgan fingerprint density at radius 1 is 1.12 bits per heavy atom. The van der Waals surface area contributed by atoms with E-state index in [0.29, 0.717) is 29.4 Å². The highest BCUT2D eigenvalue weighted by atomic mass is 79.9. The molecule has 0 aliphatic carbocycles. The van der Waals surface area contributed by atoms with Gasteiger partial charge in [-0.05, 0) is 78.2 Å². The summed E-state index contributed by atoms with van der Waals surface area (Å²) in [7, 11) is 0. The van der Waals surface area contributed by atoms with Crippen LogP contribution in [-0.2, 0) is 9.53 Å². The zero-order valence-electron chi connectivity index (χ0n) is 18.0. The summed E-state index contributed by atoms with van der Waals surface area (Å²) in [5, 5.41) is 3.91. The van der Waals surface area contributed by atoms with E-state index in [1.807, 2.05) is 26.0 Å². The molecule has 32 heavy (non-hydrogen) atoms. The normalized spacial score (nSPS) is 10.9. The SMILES string of the molecule is CCOC(=O)c1ccc(-c2ccc(C=NNC(=O)COc3c(C)cc(C)cc3Br)o2)cc1. The minimum Gasteiger partial charge on any atom is -0.482 e. The second-order valence-electron chi connectivity index (χ2n) is 6.97. The number of hydrogen-bond donors (Lipinski definition) is 1. The molecule has 1 aromatic heterocycles. The third kappa shape index (κ3) is 6.07. The first-order valence-electron chi connectivity index (χ1n) is 9.96. The Morgan fingerprint density at radius 2 is 1.88 bits per heavy atom. The van der Waals surface area contributed by atoms with Crippen molar-refractivity contribution in [2.75, 3.05) is 13.2 Å². The highest BCUT2D eigenvalue weighted by Crippen LogP contribution is 2.30. The van der Waals surface area contributed by atoms with Gasteiger partial charge < -0.3 is 13.9 Å². The Balaban J connectivity index is 1.53. The molecule has 0 saturated heterocycles. The third-order valence-electron chi connectivity index (χ3n) is 4.41. The fraction of sp³-hybridized carbons (Fsp3) is 0.208. The number of halogens is 1. The predicted molar refractivity (Wildman–Crippen MR) is 125 cm³/mol. The highest BCUT2D eigenvalue weighted by molar-refractivity contribution is 9.10. The zero-order chi connectivity index (χ0) is 23.1. The van der Waals surface area contributed by atoms with Gasteiger partial charge in [0.25, 0.3) is 5.91 Å². The first-order chi connectivity index (χ1) is 15.4. The summed E-state index contributed by atoms with van der Waals surface area (Å²) >= 11 is 3.45. The summed E-state index contributed by atoms with van der Waals surface area (Å²) < 4.78 is 17.1. The molecule has 0 radical (unpaired) electrons. The lowest BCUT2D eigenvalue weighted by molar-refractivity contribution is -0.123. The molecular formula is C24H23BrN2O5. The molecule has 2 aromatic carbocycles. The number of furan rings is 1. The largest absolute Gasteiger partial charge is 0.482 e. The second-order valence-corrected chi connectivity index (χ2v) is 7.83. The van der Waals surface area contributed by atoms with Crippen molar-refractivity contribution >= 4 is 34.0 Å². The predicted octanol–water partition coefficient (Wildman–Crippen LogP) is 5.03. The number of rotatable bonds is 8. The molecule has 1 N–H and O–H groups in total. The van der Waals surface area contributed by atoms with Crippen LogP contribution in [0.1, 0.15) is 34.2 Å². The Morgan fingerprint density at radius 3 is 2.56 bits per heavy atom. The maximum Gasteiger partial charge on any atom is 0.338 e. The number of ether oxygens (including phenoxy) is 2. The number of esters is 1. The van der Waals surface area contributed by atoms with Crippen LogP contribution >= 0.6 is 15.9 Å². The Hall–Kier alpha value is -3.39. The Bertz CT molecular complexity index is 1110. The van der Waals surface area contributed by atoms with E-state index in [-0.39, 0.29) is 12.6 Å².